The average molecular weight is 385 g/mol. The van der Waals surface area contributed by atoms with E-state index in [0.717, 1.165) is 5.56 Å². The summed E-state index contributed by atoms with van der Waals surface area (Å²) in [6.45, 7) is 1.93. The molecule has 2 aliphatic rings. The molecule has 4 rings (SSSR count). The van der Waals surface area contributed by atoms with Gasteiger partial charge < -0.3 is 9.84 Å². The van der Waals surface area contributed by atoms with Crippen molar-refractivity contribution in [3.63, 3.8) is 0 Å². The lowest BCUT2D eigenvalue weighted by molar-refractivity contribution is -0.142. The maximum Gasteiger partial charge on any atom is 0.307 e. The number of aliphatic carboxylic acids is 1. The van der Waals surface area contributed by atoms with Crippen LogP contribution in [-0.2, 0) is 16.0 Å². The molecule has 27 heavy (non-hydrogen) atoms. The summed E-state index contributed by atoms with van der Waals surface area (Å²) in [5, 5.41) is 10.0. The third kappa shape index (κ3) is 3.02. The largest absolute Gasteiger partial charge is 0.481 e. The number of ether oxygens (including phenoxy) is 1. The molecular formula is C22H21ClO4. The Morgan fingerprint density at radius 2 is 1.96 bits per heavy atom. The van der Waals surface area contributed by atoms with Gasteiger partial charge in [0.15, 0.2) is 0 Å². The van der Waals surface area contributed by atoms with E-state index in [0.29, 0.717) is 35.8 Å². The highest BCUT2D eigenvalue weighted by Gasteiger charge is 2.75. The number of ketones is 1. The zero-order chi connectivity index (χ0) is 19.2. The number of rotatable bonds is 6. The number of hydrogen-bond acceptors (Lipinski definition) is 3. The molecule has 0 aromatic heterocycles. The number of halogens is 1. The van der Waals surface area contributed by atoms with Crippen molar-refractivity contribution in [2.24, 2.45) is 23.2 Å². The van der Waals surface area contributed by atoms with Gasteiger partial charge in [-0.2, -0.15) is 0 Å². The van der Waals surface area contributed by atoms with Gasteiger partial charge in [0.25, 0.3) is 0 Å². The molecule has 0 heterocycles. The summed E-state index contributed by atoms with van der Waals surface area (Å²) < 4.78 is 5.86. The Bertz CT molecular complexity index is 891. The molecule has 0 aliphatic heterocycles. The first-order valence-corrected chi connectivity index (χ1v) is 9.63. The normalized spacial score (nSPS) is 28.7. The predicted octanol–water partition coefficient (Wildman–Crippen LogP) is 4.99. The summed E-state index contributed by atoms with van der Waals surface area (Å²) in [6.07, 6.45) is 1.91. The van der Waals surface area contributed by atoms with E-state index >= 15 is 0 Å². The van der Waals surface area contributed by atoms with Crippen LogP contribution in [0.3, 0.4) is 0 Å². The highest BCUT2D eigenvalue weighted by Crippen LogP contribution is 2.69. The summed E-state index contributed by atoms with van der Waals surface area (Å²) in [7, 11) is 0. The fourth-order valence-corrected chi connectivity index (χ4v) is 5.00. The molecule has 0 saturated heterocycles. The first-order valence-electron chi connectivity index (χ1n) is 9.25. The molecule has 2 aromatic carbocycles. The van der Waals surface area contributed by atoms with Gasteiger partial charge >= 0.3 is 5.97 Å². The third-order valence-electron chi connectivity index (χ3n) is 6.16. The second kappa shape index (κ2) is 6.68. The molecule has 2 aromatic rings. The van der Waals surface area contributed by atoms with Crippen LogP contribution in [0.4, 0.5) is 0 Å². The van der Waals surface area contributed by atoms with Crippen LogP contribution < -0.4 is 4.74 Å². The van der Waals surface area contributed by atoms with E-state index < -0.39 is 17.3 Å². The molecule has 0 spiro atoms. The topological polar surface area (TPSA) is 63.6 Å². The molecular weight excluding hydrogens is 364 g/mol. The summed E-state index contributed by atoms with van der Waals surface area (Å²) in [4.78, 5) is 24.3. The molecule has 2 fully saturated rings. The van der Waals surface area contributed by atoms with Crippen LogP contribution in [0.5, 0.6) is 11.5 Å². The van der Waals surface area contributed by atoms with Crippen molar-refractivity contribution >= 4 is 23.4 Å². The van der Waals surface area contributed by atoms with Gasteiger partial charge in [0.1, 0.15) is 17.3 Å². The highest BCUT2D eigenvalue weighted by atomic mass is 35.5. The first kappa shape index (κ1) is 18.1. The Morgan fingerprint density at radius 3 is 2.59 bits per heavy atom. The highest BCUT2D eigenvalue weighted by molar-refractivity contribution is 6.30. The quantitative estimate of drug-likeness (QED) is 0.761. The molecule has 1 N–H and O–H groups in total. The van der Waals surface area contributed by atoms with Crippen molar-refractivity contribution < 1.29 is 19.4 Å². The maximum atomic E-state index is 12.9. The molecule has 5 heteroatoms. The molecule has 4 atom stereocenters. The Hall–Kier alpha value is -2.33. The van der Waals surface area contributed by atoms with Crippen molar-refractivity contribution in [1.29, 1.82) is 0 Å². The van der Waals surface area contributed by atoms with E-state index in [1.807, 2.05) is 31.2 Å². The van der Waals surface area contributed by atoms with Crippen LogP contribution in [0.15, 0.2) is 48.5 Å². The molecule has 2 saturated carbocycles. The van der Waals surface area contributed by atoms with E-state index in [-0.39, 0.29) is 17.6 Å². The van der Waals surface area contributed by atoms with E-state index in [4.69, 9.17) is 16.3 Å². The number of fused-ring (bicyclic) bond motifs is 1. The maximum absolute atomic E-state index is 12.9. The van der Waals surface area contributed by atoms with Gasteiger partial charge in [-0.05, 0) is 67.1 Å². The number of carboxylic acids is 1. The minimum Gasteiger partial charge on any atom is -0.481 e. The van der Waals surface area contributed by atoms with Crippen molar-refractivity contribution in [1.82, 2.24) is 0 Å². The average Bonchev–Trinajstić information content (AvgIpc) is 3.23. The third-order valence-corrected chi connectivity index (χ3v) is 6.41. The standard InChI is InChI=1S/C22H21ClO4/c1-2-22-18(19(22)21(25)26)12-14(20(22)24)10-13-4-3-5-17(11-13)27-16-8-6-15(23)7-9-16/h3-9,11,14,18-19H,2,10,12H2,1H3,(H,25,26). The van der Waals surface area contributed by atoms with E-state index in [2.05, 4.69) is 0 Å². The number of carboxylic acid groups (broad SMARTS) is 1. The zero-order valence-corrected chi connectivity index (χ0v) is 15.8. The number of benzene rings is 2. The minimum absolute atomic E-state index is 0.00556. The van der Waals surface area contributed by atoms with Gasteiger partial charge in [0, 0.05) is 16.4 Å². The summed E-state index contributed by atoms with van der Waals surface area (Å²) in [6, 6.07) is 14.9. The van der Waals surface area contributed by atoms with Crippen molar-refractivity contribution in [3.05, 3.63) is 59.1 Å². The first-order chi connectivity index (χ1) is 13.0. The zero-order valence-electron chi connectivity index (χ0n) is 15.0. The van der Waals surface area contributed by atoms with Gasteiger partial charge in [-0.1, -0.05) is 30.7 Å². The number of carbonyl (C=O) groups excluding carboxylic acids is 1. The molecule has 0 amide bonds. The van der Waals surface area contributed by atoms with Gasteiger partial charge in [0.05, 0.1) is 5.92 Å². The van der Waals surface area contributed by atoms with E-state index in [1.165, 1.54) is 0 Å². The molecule has 140 valence electrons. The summed E-state index contributed by atoms with van der Waals surface area (Å²) in [5.74, 6) is 0.134. The Labute approximate surface area is 163 Å². The second-order valence-corrected chi connectivity index (χ2v) is 7.96. The lowest BCUT2D eigenvalue weighted by Crippen LogP contribution is -2.26. The molecule has 0 bridgehead atoms. The number of Topliss-reactive ketones (excluding diaryl/α,β-unsaturated/α-hetero) is 1. The van der Waals surface area contributed by atoms with Gasteiger partial charge in [-0.3, -0.25) is 9.59 Å². The number of hydrogen-bond donors (Lipinski definition) is 1. The molecule has 4 nitrogen and oxygen atoms in total. The fourth-order valence-electron chi connectivity index (χ4n) is 4.88. The van der Waals surface area contributed by atoms with Crippen molar-refractivity contribution in [2.45, 2.75) is 26.2 Å². The molecule has 2 aliphatic carbocycles. The predicted molar refractivity (Wildman–Crippen MR) is 102 cm³/mol. The Kier molecular flexibility index (Phi) is 4.47. The fraction of sp³-hybridized carbons (Fsp3) is 0.364. The van der Waals surface area contributed by atoms with Gasteiger partial charge in [-0.25, -0.2) is 0 Å². The van der Waals surface area contributed by atoms with Crippen LogP contribution in [0.2, 0.25) is 5.02 Å². The van der Waals surface area contributed by atoms with Crippen LogP contribution in [0.1, 0.15) is 25.3 Å². The van der Waals surface area contributed by atoms with E-state index in [9.17, 15) is 14.7 Å². The number of carbonyl (C=O) groups is 2. The minimum atomic E-state index is -0.827. The van der Waals surface area contributed by atoms with Crippen LogP contribution >= 0.6 is 11.6 Å². The molecule has 0 radical (unpaired) electrons. The SMILES string of the molecule is CCC12C(=O)C(Cc3cccc(Oc4ccc(Cl)cc4)c3)CC1C2C(=O)O. The van der Waals surface area contributed by atoms with Crippen LogP contribution in [0.25, 0.3) is 0 Å². The Morgan fingerprint density at radius 1 is 1.22 bits per heavy atom. The monoisotopic (exact) mass is 384 g/mol. The lowest BCUT2D eigenvalue weighted by Gasteiger charge is -2.17. The Balaban J connectivity index is 1.46. The summed E-state index contributed by atoms with van der Waals surface area (Å²) in [5.41, 5.74) is 0.410. The van der Waals surface area contributed by atoms with Crippen LogP contribution in [-0.4, -0.2) is 16.9 Å². The van der Waals surface area contributed by atoms with Gasteiger partial charge in [-0.15, -0.1) is 0 Å². The van der Waals surface area contributed by atoms with Crippen LogP contribution in [0, 0.1) is 23.2 Å². The van der Waals surface area contributed by atoms with Crippen molar-refractivity contribution in [3.8, 4) is 11.5 Å². The van der Waals surface area contributed by atoms with Crippen molar-refractivity contribution in [2.75, 3.05) is 0 Å². The second-order valence-electron chi connectivity index (χ2n) is 7.52. The molecule has 4 unspecified atom stereocenters. The lowest BCUT2D eigenvalue weighted by atomic mass is 9.86. The summed E-state index contributed by atoms with van der Waals surface area (Å²) >= 11 is 5.89. The van der Waals surface area contributed by atoms with E-state index in [1.54, 1.807) is 24.3 Å². The van der Waals surface area contributed by atoms with Gasteiger partial charge in [0.2, 0.25) is 0 Å². The smallest absolute Gasteiger partial charge is 0.307 e.